The summed E-state index contributed by atoms with van der Waals surface area (Å²) in [7, 11) is 0. The lowest BCUT2D eigenvalue weighted by Crippen LogP contribution is -2.45. The molecular weight excluding hydrogens is 791 g/mol. The van der Waals surface area contributed by atoms with Gasteiger partial charge in [-0.05, 0) is 57.8 Å². The van der Waals surface area contributed by atoms with Crippen molar-refractivity contribution in [1.82, 2.24) is 5.32 Å². The highest BCUT2D eigenvalue weighted by Crippen LogP contribution is 2.17. The molecule has 0 aliphatic rings. The van der Waals surface area contributed by atoms with Gasteiger partial charge in [-0.1, -0.05) is 263 Å². The summed E-state index contributed by atoms with van der Waals surface area (Å²) in [6.45, 7) is 4.85. The number of hydrogen-bond acceptors (Lipinski definition) is 5. The second kappa shape index (κ2) is 54.0. The van der Waals surface area contributed by atoms with E-state index < -0.39 is 12.1 Å². The van der Waals surface area contributed by atoms with Gasteiger partial charge in [0, 0.05) is 12.8 Å². The first-order chi connectivity index (χ1) is 31.5. The fourth-order valence-corrected chi connectivity index (χ4v) is 8.81. The summed E-state index contributed by atoms with van der Waals surface area (Å²) in [5.74, 6) is -0.124. The summed E-state index contributed by atoms with van der Waals surface area (Å²) in [5, 5.41) is 23.1. The number of carbonyl (C=O) groups excluding carboxylic acids is 2. The number of amides is 1. The Morgan fingerprint density at radius 1 is 0.422 bits per heavy atom. The molecule has 3 N–H and O–H groups in total. The lowest BCUT2D eigenvalue weighted by atomic mass is 10.0. The van der Waals surface area contributed by atoms with Crippen LogP contribution in [0.2, 0.25) is 0 Å². The van der Waals surface area contributed by atoms with Crippen LogP contribution in [0.1, 0.15) is 309 Å². The fourth-order valence-electron chi connectivity index (χ4n) is 8.81. The van der Waals surface area contributed by atoms with Crippen LogP contribution in [0.25, 0.3) is 0 Å². The number of unbranched alkanes of at least 4 members (excludes halogenated alkanes) is 40. The van der Waals surface area contributed by atoms with Crippen molar-refractivity contribution < 1.29 is 24.5 Å². The topological polar surface area (TPSA) is 95.9 Å². The predicted octanol–water partition coefficient (Wildman–Crippen LogP) is 17.5. The van der Waals surface area contributed by atoms with Gasteiger partial charge in [0.15, 0.2) is 0 Å². The summed E-state index contributed by atoms with van der Waals surface area (Å²) in [6.07, 6.45) is 64.8. The Morgan fingerprint density at radius 2 is 0.734 bits per heavy atom. The van der Waals surface area contributed by atoms with Crippen molar-refractivity contribution in [2.24, 2.45) is 0 Å². The Hall–Kier alpha value is -1.66. The first-order valence-electron chi connectivity index (χ1n) is 28.6. The average molecular weight is 903 g/mol. The van der Waals surface area contributed by atoms with Crippen LogP contribution in [-0.4, -0.2) is 47.4 Å². The van der Waals surface area contributed by atoms with Crippen molar-refractivity contribution >= 4 is 11.9 Å². The molecule has 2 unspecified atom stereocenters. The number of esters is 1. The Bertz CT molecular complexity index is 997. The molecule has 0 radical (unpaired) electrons. The molecule has 0 heterocycles. The summed E-state index contributed by atoms with van der Waals surface area (Å²) >= 11 is 0. The van der Waals surface area contributed by atoms with Gasteiger partial charge in [-0.2, -0.15) is 0 Å². The van der Waals surface area contributed by atoms with E-state index in [1.54, 1.807) is 6.08 Å². The van der Waals surface area contributed by atoms with E-state index in [1.165, 1.54) is 199 Å². The lowest BCUT2D eigenvalue weighted by molar-refractivity contribution is -0.143. The molecule has 378 valence electrons. The van der Waals surface area contributed by atoms with Crippen molar-refractivity contribution in [1.29, 1.82) is 0 Å². The molecule has 2 atom stereocenters. The van der Waals surface area contributed by atoms with Crippen LogP contribution in [0, 0.1) is 0 Å². The molecule has 64 heavy (non-hydrogen) atoms. The van der Waals surface area contributed by atoms with Crippen molar-refractivity contribution in [3.05, 3.63) is 24.3 Å². The van der Waals surface area contributed by atoms with E-state index in [0.29, 0.717) is 19.4 Å². The first-order valence-corrected chi connectivity index (χ1v) is 28.6. The molecule has 0 saturated carbocycles. The number of allylic oxidation sites excluding steroid dienone is 3. The van der Waals surface area contributed by atoms with Gasteiger partial charge in [-0.25, -0.2) is 0 Å². The van der Waals surface area contributed by atoms with Crippen molar-refractivity contribution in [3.8, 4) is 0 Å². The zero-order valence-electron chi connectivity index (χ0n) is 43.0. The number of aliphatic hydroxyl groups excluding tert-OH is 2. The lowest BCUT2D eigenvalue weighted by Gasteiger charge is -2.20. The van der Waals surface area contributed by atoms with Crippen LogP contribution in [0.3, 0.4) is 0 Å². The second-order valence-electron chi connectivity index (χ2n) is 19.6. The average Bonchev–Trinajstić information content (AvgIpc) is 3.29. The molecule has 0 aromatic heterocycles. The van der Waals surface area contributed by atoms with Crippen LogP contribution < -0.4 is 5.32 Å². The Labute approximate surface area is 399 Å². The van der Waals surface area contributed by atoms with Gasteiger partial charge in [0.2, 0.25) is 5.91 Å². The standard InChI is InChI=1S/C58H111NO5/c1-3-5-7-9-11-13-15-17-19-20-21-22-23-24-26-27-30-34-38-42-46-50-56(61)55(54-60)59-57(62)51-47-43-39-35-31-29-33-37-41-45-49-53-64-58(63)52-48-44-40-36-32-28-25-18-16-14-12-10-8-6-4-2/h33,37,46,50,55-56,60-61H,3-32,34-36,38-45,47-49,51-54H2,1-2H3,(H,59,62)/b37-33-,50-46+. The van der Waals surface area contributed by atoms with Crippen LogP contribution in [0.5, 0.6) is 0 Å². The van der Waals surface area contributed by atoms with Crippen molar-refractivity contribution in [2.75, 3.05) is 13.2 Å². The molecule has 0 fully saturated rings. The predicted molar refractivity (Wildman–Crippen MR) is 278 cm³/mol. The monoisotopic (exact) mass is 902 g/mol. The molecule has 0 aromatic carbocycles. The minimum Gasteiger partial charge on any atom is -0.466 e. The van der Waals surface area contributed by atoms with Gasteiger partial charge in [-0.15, -0.1) is 0 Å². The summed E-state index contributed by atoms with van der Waals surface area (Å²) < 4.78 is 5.45. The maximum absolute atomic E-state index is 12.5. The molecule has 6 heteroatoms. The molecule has 0 aliphatic heterocycles. The quantitative estimate of drug-likeness (QED) is 0.0321. The summed E-state index contributed by atoms with van der Waals surface area (Å²) in [5.41, 5.74) is 0. The third kappa shape index (κ3) is 49.8. The minimum atomic E-state index is -0.863. The molecule has 1 amide bonds. The van der Waals surface area contributed by atoms with Gasteiger partial charge in [0.1, 0.15) is 0 Å². The SMILES string of the molecule is CCCCCCCCCCCCCCCCCCCCC/C=C/C(O)C(CO)NC(=O)CCCCCCC/C=C\CCCCOC(=O)CCCCCCCCCCCCCCCCC. The highest BCUT2D eigenvalue weighted by Gasteiger charge is 2.18. The van der Waals surface area contributed by atoms with Gasteiger partial charge in [0.25, 0.3) is 0 Å². The van der Waals surface area contributed by atoms with Crippen LogP contribution in [0.4, 0.5) is 0 Å². The zero-order valence-corrected chi connectivity index (χ0v) is 43.0. The van der Waals surface area contributed by atoms with Crippen molar-refractivity contribution in [3.63, 3.8) is 0 Å². The van der Waals surface area contributed by atoms with E-state index in [9.17, 15) is 19.8 Å². The number of carbonyl (C=O) groups is 2. The molecule has 0 saturated heterocycles. The largest absolute Gasteiger partial charge is 0.466 e. The number of aliphatic hydroxyl groups is 2. The Morgan fingerprint density at radius 3 is 1.11 bits per heavy atom. The summed E-state index contributed by atoms with van der Waals surface area (Å²) in [6, 6.07) is -0.649. The van der Waals surface area contributed by atoms with E-state index in [0.717, 1.165) is 83.5 Å². The minimum absolute atomic E-state index is 0.0296. The third-order valence-electron chi connectivity index (χ3n) is 13.2. The molecule has 6 nitrogen and oxygen atoms in total. The highest BCUT2D eigenvalue weighted by molar-refractivity contribution is 5.76. The van der Waals surface area contributed by atoms with Gasteiger partial charge >= 0.3 is 5.97 Å². The van der Waals surface area contributed by atoms with Crippen LogP contribution >= 0.6 is 0 Å². The number of rotatable bonds is 53. The molecule has 0 rings (SSSR count). The van der Waals surface area contributed by atoms with Gasteiger partial charge < -0.3 is 20.3 Å². The zero-order chi connectivity index (χ0) is 46.5. The van der Waals surface area contributed by atoms with E-state index in [-0.39, 0.29) is 18.5 Å². The van der Waals surface area contributed by atoms with Gasteiger partial charge in [0.05, 0.1) is 25.4 Å². The molecule has 0 aliphatic carbocycles. The normalized spacial score (nSPS) is 12.8. The smallest absolute Gasteiger partial charge is 0.305 e. The maximum Gasteiger partial charge on any atom is 0.305 e. The van der Waals surface area contributed by atoms with E-state index >= 15 is 0 Å². The van der Waals surface area contributed by atoms with E-state index in [1.807, 2.05) is 6.08 Å². The van der Waals surface area contributed by atoms with E-state index in [4.69, 9.17) is 4.74 Å². The van der Waals surface area contributed by atoms with Crippen molar-refractivity contribution in [2.45, 2.75) is 321 Å². The van der Waals surface area contributed by atoms with Crippen LogP contribution in [-0.2, 0) is 14.3 Å². The number of nitrogens with one attached hydrogen (secondary N) is 1. The third-order valence-corrected chi connectivity index (χ3v) is 13.2. The second-order valence-corrected chi connectivity index (χ2v) is 19.6. The fraction of sp³-hybridized carbons (Fsp3) is 0.897. The molecule has 0 bridgehead atoms. The number of ether oxygens (including phenoxy) is 1. The molecule has 0 aromatic rings. The highest BCUT2D eigenvalue weighted by atomic mass is 16.5. The molecule has 0 spiro atoms. The summed E-state index contributed by atoms with van der Waals surface area (Å²) in [4.78, 5) is 24.5. The molecular formula is C58H111NO5. The van der Waals surface area contributed by atoms with E-state index in [2.05, 4.69) is 31.3 Å². The Balaban J connectivity index is 3.53. The number of hydrogen-bond donors (Lipinski definition) is 3. The Kier molecular flexibility index (Phi) is 52.6. The van der Waals surface area contributed by atoms with Crippen LogP contribution in [0.15, 0.2) is 24.3 Å². The first kappa shape index (κ1) is 62.3. The van der Waals surface area contributed by atoms with Gasteiger partial charge in [-0.3, -0.25) is 9.59 Å². The maximum atomic E-state index is 12.5.